The Balaban J connectivity index is 1.18. The standard InChI is InChI=1S/C50H90N5O40P5/c1-27(2)94-100(74,75)95-32-13-37(55-23-53-38-30(5)51-22-52-46(38)55)90-36(32)17-85-99(72,73)86-21-50(18-76-24-87-96(66,67)82-10-7-79-47-28(3)40(60)42(62)33(14-56)91-47,19-77-25-88-97(68,69)83-11-8-80-48-29(4)41(61)43(63)34(15-57)92-48)20-78-26-89-98(70,71)84-12-9-81-49-39(54-31(6)59)45(65)44(64)35(16-58)93-49/h22-23,27-29,32-37,39-45,47-49,56-58,60-65H,7-21,24-26H2,1-6H3,(H,54,59)(H,66,67)(H,68,69)(H,70,71)(H,72,73)(H,74,75)/t28-,29-,32-,33?,34?,35?,36+,37+,39-,40?,41?,42-,43-,44-,45?,47+,48+,49+,50?/m0/s1. The van der Waals surface area contributed by atoms with E-state index in [4.69, 9.17) is 92.6 Å². The molecule has 23 atom stereocenters. The summed E-state index contributed by atoms with van der Waals surface area (Å²) in [4.78, 5) is 78.3. The van der Waals surface area contributed by atoms with Crippen molar-refractivity contribution in [1.82, 2.24) is 24.8 Å². The highest BCUT2D eigenvalue weighted by molar-refractivity contribution is 7.48. The van der Waals surface area contributed by atoms with Crippen molar-refractivity contribution in [2.75, 3.05) is 113 Å². The van der Waals surface area contributed by atoms with Gasteiger partial charge in [-0.25, -0.2) is 37.8 Å². The van der Waals surface area contributed by atoms with Gasteiger partial charge in [0, 0.05) is 25.2 Å². The number of amides is 1. The first-order valence-electron chi connectivity index (χ1n) is 30.6. The van der Waals surface area contributed by atoms with E-state index in [0.717, 1.165) is 6.92 Å². The van der Waals surface area contributed by atoms with Gasteiger partial charge in [0.05, 0.1) is 128 Å². The molecule has 6 rings (SSSR count). The largest absolute Gasteiger partial charge is 0.474 e. The van der Waals surface area contributed by atoms with E-state index in [0.29, 0.717) is 11.2 Å². The molecule has 6 heterocycles. The average molecular weight is 1560 g/mol. The first kappa shape index (κ1) is 86.7. The minimum Gasteiger partial charge on any atom is -0.394 e. The summed E-state index contributed by atoms with van der Waals surface area (Å²) in [6, 6.07) is -1.40. The third-order valence-corrected chi connectivity index (χ3v) is 20.2. The van der Waals surface area contributed by atoms with Crippen LogP contribution in [-0.4, -0.2) is 307 Å². The molecule has 4 aliphatic heterocycles. The summed E-state index contributed by atoms with van der Waals surface area (Å²) in [5.74, 6) is -2.39. The molecule has 0 bridgehead atoms. The molecule has 2 aromatic heterocycles. The van der Waals surface area contributed by atoms with E-state index >= 15 is 0 Å². The number of aromatic nitrogens is 4. The first-order chi connectivity index (χ1) is 46.9. The Morgan fingerprint density at radius 1 is 0.570 bits per heavy atom. The molecular weight excluding hydrogens is 1470 g/mol. The smallest absolute Gasteiger partial charge is 0.394 e. The number of imidazole rings is 1. The van der Waals surface area contributed by atoms with E-state index in [1.54, 1.807) is 6.92 Å². The zero-order valence-corrected chi connectivity index (χ0v) is 59.2. The second kappa shape index (κ2) is 39.6. The van der Waals surface area contributed by atoms with E-state index in [2.05, 4.69) is 20.3 Å². The van der Waals surface area contributed by atoms with Gasteiger partial charge in [-0.2, -0.15) is 0 Å². The van der Waals surface area contributed by atoms with Crippen LogP contribution >= 0.6 is 39.1 Å². The topological polar surface area (TPSA) is 626 Å². The molecule has 50 heteroatoms. The number of hydrogen-bond acceptors (Lipinski definition) is 38. The van der Waals surface area contributed by atoms with Gasteiger partial charge in [-0.15, -0.1) is 0 Å². The summed E-state index contributed by atoms with van der Waals surface area (Å²) in [6.07, 6.45) is -19.4. The van der Waals surface area contributed by atoms with Crippen LogP contribution in [0.2, 0.25) is 0 Å². The van der Waals surface area contributed by atoms with Crippen molar-refractivity contribution in [3.8, 4) is 0 Å². The van der Waals surface area contributed by atoms with Crippen molar-refractivity contribution in [1.29, 1.82) is 0 Å². The molecule has 4 saturated heterocycles. The van der Waals surface area contributed by atoms with Gasteiger partial charge in [0.25, 0.3) is 0 Å². The van der Waals surface area contributed by atoms with Crippen LogP contribution < -0.4 is 5.32 Å². The lowest BCUT2D eigenvalue weighted by molar-refractivity contribution is -0.283. The number of nitrogens with one attached hydrogen (secondary N) is 1. The lowest BCUT2D eigenvalue weighted by Gasteiger charge is -2.42. The molecule has 45 nitrogen and oxygen atoms in total. The summed E-state index contributed by atoms with van der Waals surface area (Å²) < 4.78 is 175. The molecule has 0 radical (unpaired) electrons. The number of ether oxygens (including phenoxy) is 10. The number of aliphatic hydroxyl groups excluding tert-OH is 9. The molecule has 1 amide bonds. The predicted molar refractivity (Wildman–Crippen MR) is 324 cm³/mol. The Bertz CT molecular complexity index is 3000. The highest BCUT2D eigenvalue weighted by Gasteiger charge is 2.49. The monoisotopic (exact) mass is 1560 g/mol. The minimum atomic E-state index is -5.51. The summed E-state index contributed by atoms with van der Waals surface area (Å²) in [6.45, 7) is -6.08. The molecule has 0 spiro atoms. The number of hydrogen-bond donors (Lipinski definition) is 15. The lowest BCUT2D eigenvalue weighted by Crippen LogP contribution is -2.64. The minimum absolute atomic E-state index is 0.238. The van der Waals surface area contributed by atoms with E-state index < -0.39 is 280 Å². The number of carbonyl (C=O) groups is 1. The van der Waals surface area contributed by atoms with Gasteiger partial charge >= 0.3 is 39.1 Å². The van der Waals surface area contributed by atoms with Crippen molar-refractivity contribution in [3.63, 3.8) is 0 Å². The first-order valence-corrected chi connectivity index (χ1v) is 38.1. The fourth-order valence-electron chi connectivity index (χ4n) is 10.0. The fraction of sp³-hybridized carbons (Fsp3) is 0.880. The number of aryl methyl sites for hydroxylation is 1. The van der Waals surface area contributed by atoms with Gasteiger partial charge in [-0.05, 0) is 20.8 Å². The number of phosphoric ester groups is 5. The predicted octanol–water partition coefficient (Wildman–Crippen LogP) is -3.08. The number of phosphoric acid groups is 5. The van der Waals surface area contributed by atoms with Crippen molar-refractivity contribution in [2.24, 2.45) is 17.3 Å². The number of aliphatic hydroxyl groups is 9. The Hall–Kier alpha value is -2.19. The van der Waals surface area contributed by atoms with E-state index in [-0.39, 0.29) is 12.1 Å². The Labute approximate surface area is 570 Å². The van der Waals surface area contributed by atoms with Crippen molar-refractivity contribution < 1.29 is 191 Å². The molecule has 100 heavy (non-hydrogen) atoms. The maximum Gasteiger partial charge on any atom is 0.474 e. The second-order valence-electron chi connectivity index (χ2n) is 23.3. The fourth-order valence-corrected chi connectivity index (χ4v) is 13.8. The Kier molecular flexibility index (Phi) is 34.3. The highest BCUT2D eigenvalue weighted by Crippen LogP contribution is 2.52. The van der Waals surface area contributed by atoms with Crippen LogP contribution in [0.4, 0.5) is 0 Å². The SMILES string of the molecule is CC(=O)N[C@H]1C(O)[C@@H](O)C(CO)O[C@H]1OCCOP(=O)(O)OCOCC(COCOP(=O)(O)OCCO[C@@H]1OC(CO)[C@H](O)C(O)[C@@H]1C)(COCOP(=O)(O)OCCO[C@@H]1OC(CO)[C@H](O)C(O)[C@@H]1C)COP(=O)(O)OC[C@H]1O[C@@H](n2cnc3c(C)ncnc32)C[C@@H]1OP(=O)(O)OC(C)C. The average Bonchev–Trinajstić information content (AvgIpc) is 1.63. The van der Waals surface area contributed by atoms with Crippen LogP contribution in [0.1, 0.15) is 53.0 Å². The molecule has 0 saturated carbocycles. The molecular formula is C50H90N5O40P5. The summed E-state index contributed by atoms with van der Waals surface area (Å²) in [5, 5.41) is 93.1. The van der Waals surface area contributed by atoms with Crippen LogP contribution in [0.3, 0.4) is 0 Å². The quantitative estimate of drug-likeness (QED) is 0.0178. The van der Waals surface area contributed by atoms with Crippen molar-refractivity contribution in [2.45, 2.75) is 152 Å². The van der Waals surface area contributed by atoms with Gasteiger partial charge in [0.2, 0.25) is 5.91 Å². The molecule has 11 unspecified atom stereocenters. The molecule has 4 aliphatic rings. The van der Waals surface area contributed by atoms with Gasteiger partial charge in [-0.3, -0.25) is 54.6 Å². The zero-order valence-electron chi connectivity index (χ0n) is 54.8. The van der Waals surface area contributed by atoms with Crippen LogP contribution in [-0.2, 0) is 120 Å². The van der Waals surface area contributed by atoms with Crippen LogP contribution in [0, 0.1) is 24.2 Å². The molecule has 0 aromatic carbocycles. The second-order valence-corrected chi connectivity index (χ2v) is 30.5. The molecule has 4 fully saturated rings. The summed E-state index contributed by atoms with van der Waals surface area (Å²) in [7, 11) is -25.8. The van der Waals surface area contributed by atoms with Crippen LogP contribution in [0.15, 0.2) is 12.7 Å². The van der Waals surface area contributed by atoms with Gasteiger partial charge in [0.15, 0.2) is 44.9 Å². The Morgan fingerprint density at radius 2 is 1.01 bits per heavy atom. The van der Waals surface area contributed by atoms with Crippen LogP contribution in [0.5, 0.6) is 0 Å². The third-order valence-electron chi connectivity index (χ3n) is 15.2. The maximum atomic E-state index is 14.0. The summed E-state index contributed by atoms with van der Waals surface area (Å²) in [5.41, 5.74) is -1.08. The lowest BCUT2D eigenvalue weighted by atomic mass is 9.92. The Morgan fingerprint density at radius 3 is 1.46 bits per heavy atom. The normalized spacial score (nSPS) is 32.7. The number of fused-ring (bicyclic) bond motifs is 1. The number of nitrogens with zero attached hydrogens (tertiary/aromatic N) is 4. The number of carbonyl (C=O) groups excluding carboxylic acids is 1. The molecule has 2 aromatic rings. The van der Waals surface area contributed by atoms with E-state index in [1.807, 2.05) is 0 Å². The molecule has 15 N–H and O–H groups in total. The zero-order chi connectivity index (χ0) is 74.0. The summed E-state index contributed by atoms with van der Waals surface area (Å²) >= 11 is 0. The van der Waals surface area contributed by atoms with Crippen molar-refractivity contribution in [3.05, 3.63) is 18.3 Å². The van der Waals surface area contributed by atoms with E-state index in [1.165, 1.54) is 44.9 Å². The van der Waals surface area contributed by atoms with Gasteiger partial charge in [0.1, 0.15) is 79.0 Å². The molecule has 0 aliphatic carbocycles. The number of rotatable bonds is 45. The van der Waals surface area contributed by atoms with Gasteiger partial charge < -0.3 is 123 Å². The van der Waals surface area contributed by atoms with Crippen molar-refractivity contribution >= 4 is 56.2 Å². The highest BCUT2D eigenvalue weighted by atomic mass is 31.2. The maximum absolute atomic E-state index is 14.0. The van der Waals surface area contributed by atoms with Crippen LogP contribution in [0.25, 0.3) is 11.2 Å². The molecule has 580 valence electrons. The van der Waals surface area contributed by atoms with E-state index in [9.17, 15) is 98.0 Å². The third kappa shape index (κ3) is 26.3. The van der Waals surface area contributed by atoms with Gasteiger partial charge in [-0.1, -0.05) is 13.8 Å².